The van der Waals surface area contributed by atoms with Gasteiger partial charge in [-0.2, -0.15) is 4.80 Å². The van der Waals surface area contributed by atoms with Gasteiger partial charge < -0.3 is 10.1 Å². The molecule has 1 heterocycles. The lowest BCUT2D eigenvalue weighted by Crippen LogP contribution is -2.40. The molecule has 0 fully saturated rings. The van der Waals surface area contributed by atoms with E-state index in [0.29, 0.717) is 23.9 Å². The number of amides is 1. The van der Waals surface area contributed by atoms with Crippen LogP contribution in [-0.4, -0.2) is 45.9 Å². The Morgan fingerprint density at radius 1 is 1.39 bits per heavy atom. The zero-order valence-electron chi connectivity index (χ0n) is 13.4. The van der Waals surface area contributed by atoms with E-state index in [0.717, 1.165) is 5.56 Å². The van der Waals surface area contributed by atoms with E-state index in [-0.39, 0.29) is 11.9 Å². The van der Waals surface area contributed by atoms with Crippen molar-refractivity contribution in [2.45, 2.75) is 32.4 Å². The van der Waals surface area contributed by atoms with Crippen LogP contribution in [0.3, 0.4) is 0 Å². The Morgan fingerprint density at radius 2 is 2.09 bits per heavy atom. The van der Waals surface area contributed by atoms with Gasteiger partial charge in [-0.15, -0.1) is 10.2 Å². The molecule has 0 aliphatic rings. The first-order valence-electron chi connectivity index (χ1n) is 7.40. The number of rotatable bonds is 7. The van der Waals surface area contributed by atoms with Crippen molar-refractivity contribution < 1.29 is 9.53 Å². The van der Waals surface area contributed by atoms with E-state index in [4.69, 9.17) is 16.3 Å². The van der Waals surface area contributed by atoms with Gasteiger partial charge in [0.2, 0.25) is 11.7 Å². The Labute approximate surface area is 140 Å². The molecule has 0 aliphatic carbocycles. The topological polar surface area (TPSA) is 81.9 Å². The number of nitrogens with zero attached hydrogens (tertiary/aromatic N) is 4. The van der Waals surface area contributed by atoms with Crippen molar-refractivity contribution in [3.63, 3.8) is 0 Å². The largest absolute Gasteiger partial charge is 0.383 e. The van der Waals surface area contributed by atoms with Gasteiger partial charge >= 0.3 is 0 Å². The lowest BCUT2D eigenvalue weighted by Gasteiger charge is -2.17. The summed E-state index contributed by atoms with van der Waals surface area (Å²) in [4.78, 5) is 13.7. The van der Waals surface area contributed by atoms with Gasteiger partial charge in [0.05, 0.1) is 6.61 Å². The summed E-state index contributed by atoms with van der Waals surface area (Å²) >= 11 is 5.87. The Balaban J connectivity index is 2.13. The third kappa shape index (κ3) is 4.49. The van der Waals surface area contributed by atoms with Crippen molar-refractivity contribution in [2.24, 2.45) is 0 Å². The number of aromatic nitrogens is 4. The molecule has 1 aromatic carbocycles. The zero-order valence-corrected chi connectivity index (χ0v) is 14.1. The van der Waals surface area contributed by atoms with Crippen LogP contribution in [0.25, 0.3) is 11.4 Å². The second kappa shape index (κ2) is 8.03. The number of methoxy groups -OCH3 is 1. The molecule has 2 atom stereocenters. The molecular formula is C15H20ClN5O2. The van der Waals surface area contributed by atoms with Gasteiger partial charge in [-0.25, -0.2) is 0 Å². The first-order valence-corrected chi connectivity index (χ1v) is 7.77. The molecule has 8 heteroatoms. The van der Waals surface area contributed by atoms with Crippen molar-refractivity contribution in [2.75, 3.05) is 13.7 Å². The quantitative estimate of drug-likeness (QED) is 0.836. The maximum Gasteiger partial charge on any atom is 0.247 e. The lowest BCUT2D eigenvalue weighted by molar-refractivity contribution is -0.126. The standard InChI is InChI=1S/C15H20ClN5O2/c1-4-13(15(22)17-10(2)9-23-3)21-19-14(18-20-21)11-5-7-12(16)8-6-11/h5-8,10,13H,4,9H2,1-3H3,(H,17,22). The van der Waals surface area contributed by atoms with E-state index in [1.807, 2.05) is 26.0 Å². The number of hydrogen-bond donors (Lipinski definition) is 1. The van der Waals surface area contributed by atoms with Gasteiger partial charge in [0.15, 0.2) is 6.04 Å². The highest BCUT2D eigenvalue weighted by molar-refractivity contribution is 6.30. The molecular weight excluding hydrogens is 318 g/mol. The molecule has 1 aromatic heterocycles. The molecule has 2 aromatic rings. The highest BCUT2D eigenvalue weighted by Crippen LogP contribution is 2.18. The molecule has 0 aliphatic heterocycles. The number of ether oxygens (including phenoxy) is 1. The molecule has 0 bridgehead atoms. The minimum atomic E-state index is -0.511. The molecule has 1 amide bonds. The van der Waals surface area contributed by atoms with E-state index in [1.165, 1.54) is 4.80 Å². The monoisotopic (exact) mass is 337 g/mol. The number of carbonyl (C=O) groups is 1. The Kier molecular flexibility index (Phi) is 6.06. The van der Waals surface area contributed by atoms with Crippen LogP contribution in [0, 0.1) is 0 Å². The summed E-state index contributed by atoms with van der Waals surface area (Å²) in [5.41, 5.74) is 0.795. The summed E-state index contributed by atoms with van der Waals surface area (Å²) in [5, 5.41) is 15.9. The fourth-order valence-corrected chi connectivity index (χ4v) is 2.28. The van der Waals surface area contributed by atoms with E-state index in [1.54, 1.807) is 19.2 Å². The number of halogens is 1. The van der Waals surface area contributed by atoms with E-state index < -0.39 is 6.04 Å². The molecule has 0 saturated carbocycles. The minimum absolute atomic E-state index is 0.0826. The Morgan fingerprint density at radius 3 is 2.70 bits per heavy atom. The second-order valence-electron chi connectivity index (χ2n) is 5.23. The third-order valence-electron chi connectivity index (χ3n) is 3.30. The number of benzene rings is 1. The average Bonchev–Trinajstić information content (AvgIpc) is 2.98. The molecule has 7 nitrogen and oxygen atoms in total. The van der Waals surface area contributed by atoms with Crippen molar-refractivity contribution >= 4 is 17.5 Å². The molecule has 0 radical (unpaired) electrons. The predicted octanol–water partition coefficient (Wildman–Crippen LogP) is 2.10. The first kappa shape index (κ1) is 17.4. The number of nitrogens with one attached hydrogen (secondary N) is 1. The Hall–Kier alpha value is -1.99. The van der Waals surface area contributed by atoms with Gasteiger partial charge in [-0.3, -0.25) is 4.79 Å². The molecule has 0 spiro atoms. The van der Waals surface area contributed by atoms with Crippen LogP contribution in [0.5, 0.6) is 0 Å². The van der Waals surface area contributed by atoms with Crippen LogP contribution in [-0.2, 0) is 9.53 Å². The van der Waals surface area contributed by atoms with E-state index >= 15 is 0 Å². The van der Waals surface area contributed by atoms with Crippen LogP contribution >= 0.6 is 11.6 Å². The molecule has 2 unspecified atom stereocenters. The maximum absolute atomic E-state index is 12.3. The zero-order chi connectivity index (χ0) is 16.8. The molecule has 1 N–H and O–H groups in total. The average molecular weight is 338 g/mol. The Bertz CT molecular complexity index is 644. The van der Waals surface area contributed by atoms with Gasteiger partial charge in [-0.05, 0) is 42.8 Å². The van der Waals surface area contributed by atoms with Gasteiger partial charge in [0.25, 0.3) is 0 Å². The molecule has 124 valence electrons. The maximum atomic E-state index is 12.3. The van der Waals surface area contributed by atoms with Crippen LogP contribution in [0.1, 0.15) is 26.3 Å². The SMILES string of the molecule is CCC(C(=O)NC(C)COC)n1nnc(-c2ccc(Cl)cc2)n1. The van der Waals surface area contributed by atoms with Crippen molar-refractivity contribution in [1.82, 2.24) is 25.5 Å². The fraction of sp³-hybridized carbons (Fsp3) is 0.467. The number of carbonyl (C=O) groups excluding carboxylic acids is 1. The van der Waals surface area contributed by atoms with Crippen molar-refractivity contribution in [1.29, 1.82) is 0 Å². The number of tetrazole rings is 1. The van der Waals surface area contributed by atoms with Crippen LogP contribution in [0.4, 0.5) is 0 Å². The molecule has 2 rings (SSSR count). The lowest BCUT2D eigenvalue weighted by atomic mass is 10.2. The third-order valence-corrected chi connectivity index (χ3v) is 3.56. The normalized spacial score (nSPS) is 13.6. The first-order chi connectivity index (χ1) is 11.0. The highest BCUT2D eigenvalue weighted by Gasteiger charge is 2.23. The van der Waals surface area contributed by atoms with E-state index in [9.17, 15) is 4.79 Å². The second-order valence-corrected chi connectivity index (χ2v) is 5.67. The van der Waals surface area contributed by atoms with Crippen LogP contribution < -0.4 is 5.32 Å². The highest BCUT2D eigenvalue weighted by atomic mass is 35.5. The molecule has 23 heavy (non-hydrogen) atoms. The van der Waals surface area contributed by atoms with E-state index in [2.05, 4.69) is 20.7 Å². The smallest absolute Gasteiger partial charge is 0.247 e. The van der Waals surface area contributed by atoms with Gasteiger partial charge in [0, 0.05) is 23.7 Å². The van der Waals surface area contributed by atoms with Crippen LogP contribution in [0.2, 0.25) is 5.02 Å². The summed E-state index contributed by atoms with van der Waals surface area (Å²) in [6.45, 7) is 4.22. The summed E-state index contributed by atoms with van der Waals surface area (Å²) < 4.78 is 5.02. The number of hydrogen-bond acceptors (Lipinski definition) is 5. The predicted molar refractivity (Wildman–Crippen MR) is 87.1 cm³/mol. The van der Waals surface area contributed by atoms with Crippen LogP contribution in [0.15, 0.2) is 24.3 Å². The summed E-state index contributed by atoms with van der Waals surface area (Å²) in [6, 6.07) is 6.54. The molecule has 0 saturated heterocycles. The summed E-state index contributed by atoms with van der Waals surface area (Å²) in [5.74, 6) is 0.301. The van der Waals surface area contributed by atoms with Crippen molar-refractivity contribution in [3.8, 4) is 11.4 Å². The van der Waals surface area contributed by atoms with Crippen molar-refractivity contribution in [3.05, 3.63) is 29.3 Å². The van der Waals surface area contributed by atoms with Gasteiger partial charge in [-0.1, -0.05) is 18.5 Å². The van der Waals surface area contributed by atoms with Gasteiger partial charge in [0.1, 0.15) is 0 Å². The summed E-state index contributed by atoms with van der Waals surface area (Å²) in [7, 11) is 1.59. The fourth-order valence-electron chi connectivity index (χ4n) is 2.16. The summed E-state index contributed by atoms with van der Waals surface area (Å²) in [6.07, 6.45) is 0.557. The minimum Gasteiger partial charge on any atom is -0.383 e.